The molecule has 7 heteroatoms. The summed E-state index contributed by atoms with van der Waals surface area (Å²) in [6, 6.07) is 9.89. The molecule has 0 atom stereocenters. The van der Waals surface area contributed by atoms with Crippen LogP contribution < -0.4 is 0 Å². The fraction of sp³-hybridized carbons (Fsp3) is 0.158. The Morgan fingerprint density at radius 2 is 1.92 bits per heavy atom. The van der Waals surface area contributed by atoms with Gasteiger partial charge in [-0.2, -0.15) is 0 Å². The Morgan fingerprint density at radius 3 is 2.62 bits per heavy atom. The Kier molecular flexibility index (Phi) is 6.86. The van der Waals surface area contributed by atoms with Crippen LogP contribution in [0.2, 0.25) is 5.02 Å². The second-order valence-corrected chi connectivity index (χ2v) is 5.85. The Hall–Kier alpha value is -2.73. The summed E-state index contributed by atoms with van der Waals surface area (Å²) in [5, 5.41) is 0.208. The van der Waals surface area contributed by atoms with Crippen LogP contribution in [0.15, 0.2) is 48.5 Å². The van der Waals surface area contributed by atoms with Crippen molar-refractivity contribution >= 4 is 29.6 Å². The molecule has 0 N–H and O–H groups in total. The molecule has 2 aromatic carbocycles. The number of hydrogen-bond donors (Lipinski definition) is 0. The Bertz CT molecular complexity index is 819. The summed E-state index contributed by atoms with van der Waals surface area (Å²) in [5.41, 5.74) is 0.668. The van der Waals surface area contributed by atoms with Crippen LogP contribution in [0.5, 0.6) is 0 Å². The lowest BCUT2D eigenvalue weighted by molar-refractivity contribution is -0.147. The largest absolute Gasteiger partial charge is 0.452 e. The number of carbonyl (C=O) groups is 2. The van der Waals surface area contributed by atoms with Crippen molar-refractivity contribution in [2.75, 3.05) is 13.7 Å². The summed E-state index contributed by atoms with van der Waals surface area (Å²) in [6.07, 6.45) is 2.47. The van der Waals surface area contributed by atoms with Gasteiger partial charge in [-0.1, -0.05) is 29.8 Å². The number of esters is 1. The predicted molar refractivity (Wildman–Crippen MR) is 94.3 cm³/mol. The van der Waals surface area contributed by atoms with Gasteiger partial charge < -0.3 is 9.64 Å². The third-order valence-electron chi connectivity index (χ3n) is 3.48. The smallest absolute Gasteiger partial charge is 0.331 e. The molecule has 4 nitrogen and oxygen atoms in total. The van der Waals surface area contributed by atoms with E-state index < -0.39 is 30.1 Å². The van der Waals surface area contributed by atoms with Crippen molar-refractivity contribution in [1.82, 2.24) is 4.90 Å². The molecule has 2 rings (SSSR count). The van der Waals surface area contributed by atoms with E-state index in [1.54, 1.807) is 6.07 Å². The van der Waals surface area contributed by atoms with E-state index in [0.717, 1.165) is 6.08 Å². The summed E-state index contributed by atoms with van der Waals surface area (Å²) in [6.45, 7) is -0.560. The summed E-state index contributed by atoms with van der Waals surface area (Å²) < 4.78 is 31.6. The van der Waals surface area contributed by atoms with Crippen molar-refractivity contribution in [2.24, 2.45) is 0 Å². The second-order valence-electron chi connectivity index (χ2n) is 5.45. The van der Waals surface area contributed by atoms with Gasteiger partial charge in [-0.25, -0.2) is 13.6 Å². The first-order chi connectivity index (χ1) is 12.4. The van der Waals surface area contributed by atoms with E-state index in [1.165, 1.54) is 54.4 Å². The fourth-order valence-electron chi connectivity index (χ4n) is 2.07. The molecule has 0 saturated heterocycles. The van der Waals surface area contributed by atoms with Gasteiger partial charge in [0.1, 0.15) is 11.6 Å². The first-order valence-electron chi connectivity index (χ1n) is 7.64. The van der Waals surface area contributed by atoms with Gasteiger partial charge in [-0.05, 0) is 35.9 Å². The summed E-state index contributed by atoms with van der Waals surface area (Å²) in [5.74, 6) is -2.21. The van der Waals surface area contributed by atoms with Gasteiger partial charge in [-0.3, -0.25) is 4.79 Å². The molecule has 2 aromatic rings. The maximum absolute atomic E-state index is 13.7. The van der Waals surface area contributed by atoms with Crippen LogP contribution in [0.4, 0.5) is 8.78 Å². The van der Waals surface area contributed by atoms with Gasteiger partial charge in [0.2, 0.25) is 0 Å². The van der Waals surface area contributed by atoms with Crippen LogP contribution >= 0.6 is 11.6 Å². The maximum Gasteiger partial charge on any atom is 0.331 e. The number of benzene rings is 2. The van der Waals surface area contributed by atoms with E-state index >= 15 is 0 Å². The molecule has 0 aliphatic rings. The molecular formula is C19H16ClF2NO3. The van der Waals surface area contributed by atoms with Crippen LogP contribution in [0.3, 0.4) is 0 Å². The highest BCUT2D eigenvalue weighted by Gasteiger charge is 2.15. The van der Waals surface area contributed by atoms with Gasteiger partial charge >= 0.3 is 5.97 Å². The van der Waals surface area contributed by atoms with Crippen LogP contribution in [-0.2, 0) is 20.9 Å². The third-order valence-corrected chi connectivity index (χ3v) is 3.84. The van der Waals surface area contributed by atoms with E-state index in [4.69, 9.17) is 16.3 Å². The molecule has 0 bridgehead atoms. The zero-order chi connectivity index (χ0) is 19.1. The highest BCUT2D eigenvalue weighted by molar-refractivity contribution is 6.31. The van der Waals surface area contributed by atoms with Crippen LogP contribution in [0, 0.1) is 11.6 Å². The van der Waals surface area contributed by atoms with E-state index in [1.807, 2.05) is 0 Å². The second kappa shape index (κ2) is 9.10. The molecule has 0 aliphatic heterocycles. The number of carbonyl (C=O) groups excluding carboxylic acids is 2. The lowest BCUT2D eigenvalue weighted by atomic mass is 10.2. The number of amides is 1. The average molecular weight is 380 g/mol. The van der Waals surface area contributed by atoms with Crippen LogP contribution in [-0.4, -0.2) is 30.4 Å². The highest BCUT2D eigenvalue weighted by Crippen LogP contribution is 2.20. The lowest BCUT2D eigenvalue weighted by Crippen LogP contribution is -2.31. The molecule has 136 valence electrons. The Morgan fingerprint density at radius 1 is 1.19 bits per heavy atom. The van der Waals surface area contributed by atoms with Gasteiger partial charge in [0.25, 0.3) is 5.91 Å². The van der Waals surface area contributed by atoms with Gasteiger partial charge in [-0.15, -0.1) is 0 Å². The standard InChI is InChI=1S/C19H16ClF2NO3/c1-23(11-15-16(20)6-3-7-17(15)22)18(24)12-26-19(25)9-8-13-4-2-5-14(21)10-13/h2-10H,11-12H2,1H3/b9-8+. The molecule has 0 radical (unpaired) electrons. The fourth-order valence-corrected chi connectivity index (χ4v) is 2.30. The Balaban J connectivity index is 1.86. The molecule has 0 aromatic heterocycles. The van der Waals surface area contributed by atoms with E-state index in [-0.39, 0.29) is 17.1 Å². The lowest BCUT2D eigenvalue weighted by Gasteiger charge is -2.18. The van der Waals surface area contributed by atoms with Crippen LogP contribution in [0.25, 0.3) is 6.08 Å². The molecule has 0 aliphatic carbocycles. The molecule has 0 spiro atoms. The minimum Gasteiger partial charge on any atom is -0.452 e. The summed E-state index contributed by atoms with van der Waals surface area (Å²) in [7, 11) is 1.45. The van der Waals surface area contributed by atoms with Gasteiger partial charge in [0, 0.05) is 30.3 Å². The number of ether oxygens (including phenoxy) is 1. The molecule has 26 heavy (non-hydrogen) atoms. The van der Waals surface area contributed by atoms with Crippen molar-refractivity contribution in [2.45, 2.75) is 6.54 Å². The van der Waals surface area contributed by atoms with Crippen molar-refractivity contribution in [3.63, 3.8) is 0 Å². The van der Waals surface area contributed by atoms with Crippen molar-refractivity contribution in [3.8, 4) is 0 Å². The van der Waals surface area contributed by atoms with E-state index in [0.29, 0.717) is 5.56 Å². The van der Waals surface area contributed by atoms with Crippen molar-refractivity contribution in [1.29, 1.82) is 0 Å². The monoisotopic (exact) mass is 379 g/mol. The number of rotatable bonds is 6. The molecular weight excluding hydrogens is 364 g/mol. The van der Waals surface area contributed by atoms with Gasteiger partial charge in [0.15, 0.2) is 6.61 Å². The molecule has 1 amide bonds. The number of hydrogen-bond acceptors (Lipinski definition) is 3. The Labute approximate surface area is 154 Å². The average Bonchev–Trinajstić information content (AvgIpc) is 2.61. The van der Waals surface area contributed by atoms with Crippen LogP contribution in [0.1, 0.15) is 11.1 Å². The normalized spacial score (nSPS) is 10.8. The minimum atomic E-state index is -0.750. The highest BCUT2D eigenvalue weighted by atomic mass is 35.5. The molecule has 0 heterocycles. The summed E-state index contributed by atoms with van der Waals surface area (Å²) >= 11 is 5.92. The van der Waals surface area contributed by atoms with E-state index in [2.05, 4.69) is 0 Å². The summed E-state index contributed by atoms with van der Waals surface area (Å²) in [4.78, 5) is 24.8. The first-order valence-corrected chi connectivity index (χ1v) is 8.02. The number of halogens is 3. The molecule has 0 unspecified atom stereocenters. The van der Waals surface area contributed by atoms with Crippen molar-refractivity contribution in [3.05, 3.63) is 76.3 Å². The number of likely N-dealkylation sites (N-methyl/N-ethyl adjacent to an activating group) is 1. The minimum absolute atomic E-state index is 0.0545. The zero-order valence-corrected chi connectivity index (χ0v) is 14.7. The third kappa shape index (κ3) is 5.67. The molecule has 0 saturated carbocycles. The predicted octanol–water partition coefficient (Wildman–Crippen LogP) is 3.83. The SMILES string of the molecule is CN(Cc1c(F)cccc1Cl)C(=O)COC(=O)/C=C/c1cccc(F)c1. The van der Waals surface area contributed by atoms with E-state index in [9.17, 15) is 18.4 Å². The first kappa shape index (κ1) is 19.6. The maximum atomic E-state index is 13.7. The van der Waals surface area contributed by atoms with Gasteiger partial charge in [0.05, 0.1) is 0 Å². The quantitative estimate of drug-likeness (QED) is 0.566. The topological polar surface area (TPSA) is 46.6 Å². The molecule has 0 fully saturated rings. The number of nitrogens with zero attached hydrogens (tertiary/aromatic N) is 1. The van der Waals surface area contributed by atoms with Crippen molar-refractivity contribution < 1.29 is 23.1 Å². The zero-order valence-electron chi connectivity index (χ0n) is 13.9.